The van der Waals surface area contributed by atoms with Crippen molar-refractivity contribution in [2.45, 2.75) is 38.1 Å². The molecule has 2 aromatic rings. The van der Waals surface area contributed by atoms with E-state index in [2.05, 4.69) is 14.9 Å². The van der Waals surface area contributed by atoms with Gasteiger partial charge >= 0.3 is 0 Å². The molecule has 1 unspecified atom stereocenters. The molecule has 0 N–H and O–H groups in total. The Labute approximate surface area is 170 Å². The maximum Gasteiger partial charge on any atom is 0.228 e. The zero-order chi connectivity index (χ0) is 20.2. The lowest BCUT2D eigenvalue weighted by Gasteiger charge is -2.35. The quantitative estimate of drug-likeness (QED) is 0.775. The minimum atomic E-state index is -0.217. The number of amides is 1. The smallest absolute Gasteiger partial charge is 0.228 e. The van der Waals surface area contributed by atoms with Gasteiger partial charge in [-0.2, -0.15) is 4.98 Å². The highest BCUT2D eigenvalue weighted by Crippen LogP contribution is 2.28. The monoisotopic (exact) mass is 398 g/mol. The van der Waals surface area contributed by atoms with Crippen LogP contribution in [0.4, 0.5) is 10.3 Å². The van der Waals surface area contributed by atoms with Gasteiger partial charge in [0.1, 0.15) is 5.82 Å². The van der Waals surface area contributed by atoms with Crippen LogP contribution in [0.5, 0.6) is 5.88 Å². The second-order valence-electron chi connectivity index (χ2n) is 7.82. The molecule has 7 heteroatoms. The number of hydrogen-bond donors (Lipinski definition) is 0. The third-order valence-corrected chi connectivity index (χ3v) is 5.97. The van der Waals surface area contributed by atoms with Crippen LogP contribution in [0.1, 0.15) is 31.2 Å². The Morgan fingerprint density at radius 1 is 1.21 bits per heavy atom. The van der Waals surface area contributed by atoms with Gasteiger partial charge in [0.2, 0.25) is 17.7 Å². The fraction of sp³-hybridized carbons (Fsp3) is 0.500. The summed E-state index contributed by atoms with van der Waals surface area (Å²) in [6.45, 7) is 2.32. The number of piperidine rings is 1. The fourth-order valence-corrected chi connectivity index (χ4v) is 4.43. The van der Waals surface area contributed by atoms with Gasteiger partial charge in [-0.3, -0.25) is 4.79 Å². The highest BCUT2D eigenvalue weighted by Gasteiger charge is 2.35. The number of nitrogens with zero attached hydrogens (tertiary/aromatic N) is 4. The van der Waals surface area contributed by atoms with Crippen LogP contribution >= 0.6 is 0 Å². The summed E-state index contributed by atoms with van der Waals surface area (Å²) >= 11 is 0. The number of rotatable bonds is 5. The van der Waals surface area contributed by atoms with Crippen molar-refractivity contribution in [3.63, 3.8) is 0 Å². The molecule has 2 saturated heterocycles. The Morgan fingerprint density at radius 2 is 2.03 bits per heavy atom. The molecule has 0 spiro atoms. The van der Waals surface area contributed by atoms with E-state index in [1.165, 1.54) is 6.07 Å². The largest absolute Gasteiger partial charge is 0.481 e. The Balaban J connectivity index is 1.36. The molecule has 1 aromatic carbocycles. The standard InChI is InChI=1S/C22H27FN4O2/c1-29-20-7-10-24-22(25-20)26-12-8-17(9-13-26)21(28)27-11-3-6-19(27)15-16-4-2-5-18(23)14-16/h2,4-5,7,10,14,17,19H,3,6,8-9,11-13,15H2,1H3. The molecule has 0 radical (unpaired) electrons. The highest BCUT2D eigenvalue weighted by molar-refractivity contribution is 5.79. The van der Waals surface area contributed by atoms with E-state index in [-0.39, 0.29) is 23.7 Å². The number of benzene rings is 1. The van der Waals surface area contributed by atoms with Gasteiger partial charge in [0.05, 0.1) is 7.11 Å². The SMILES string of the molecule is COc1ccnc(N2CCC(C(=O)N3CCCC3Cc3cccc(F)c3)CC2)n1. The molecule has 6 nitrogen and oxygen atoms in total. The van der Waals surface area contributed by atoms with Crippen molar-refractivity contribution in [3.05, 3.63) is 47.9 Å². The number of ether oxygens (including phenoxy) is 1. The van der Waals surface area contributed by atoms with Crippen LogP contribution in [-0.2, 0) is 11.2 Å². The molecular weight excluding hydrogens is 371 g/mol. The van der Waals surface area contributed by atoms with Gasteiger partial charge in [0.25, 0.3) is 0 Å². The predicted molar refractivity (Wildman–Crippen MR) is 108 cm³/mol. The first-order valence-electron chi connectivity index (χ1n) is 10.3. The van der Waals surface area contributed by atoms with Crippen LogP contribution in [0.3, 0.4) is 0 Å². The van der Waals surface area contributed by atoms with Crippen LogP contribution < -0.4 is 9.64 Å². The number of halogens is 1. The average Bonchev–Trinajstić information content (AvgIpc) is 3.21. The second kappa shape index (κ2) is 8.76. The van der Waals surface area contributed by atoms with Crippen molar-refractivity contribution in [3.8, 4) is 5.88 Å². The molecule has 2 aliphatic heterocycles. The van der Waals surface area contributed by atoms with E-state index in [1.54, 1.807) is 31.5 Å². The van der Waals surface area contributed by atoms with Gasteiger partial charge in [0.15, 0.2) is 0 Å². The van der Waals surface area contributed by atoms with Crippen LogP contribution in [0.25, 0.3) is 0 Å². The van der Waals surface area contributed by atoms with E-state index in [1.807, 2.05) is 11.0 Å². The van der Waals surface area contributed by atoms with Crippen molar-refractivity contribution in [1.82, 2.24) is 14.9 Å². The Hall–Kier alpha value is -2.70. The third-order valence-electron chi connectivity index (χ3n) is 5.97. The molecule has 2 fully saturated rings. The van der Waals surface area contributed by atoms with Gasteiger partial charge in [-0.1, -0.05) is 12.1 Å². The van der Waals surface area contributed by atoms with Crippen molar-refractivity contribution < 1.29 is 13.9 Å². The summed E-state index contributed by atoms with van der Waals surface area (Å²) in [5.74, 6) is 1.26. The van der Waals surface area contributed by atoms with Gasteiger partial charge < -0.3 is 14.5 Å². The van der Waals surface area contributed by atoms with Crippen molar-refractivity contribution >= 4 is 11.9 Å². The molecule has 4 rings (SSSR count). The number of likely N-dealkylation sites (tertiary alicyclic amines) is 1. The summed E-state index contributed by atoms with van der Waals surface area (Å²) in [4.78, 5) is 26.1. The number of anilines is 1. The van der Waals surface area contributed by atoms with E-state index in [0.29, 0.717) is 11.8 Å². The predicted octanol–water partition coefficient (Wildman–Crippen LogP) is 3.07. The Bertz CT molecular complexity index is 854. The lowest BCUT2D eigenvalue weighted by molar-refractivity contribution is -0.137. The van der Waals surface area contributed by atoms with E-state index in [9.17, 15) is 9.18 Å². The van der Waals surface area contributed by atoms with E-state index in [4.69, 9.17) is 4.74 Å². The lowest BCUT2D eigenvalue weighted by atomic mass is 9.94. The first kappa shape index (κ1) is 19.6. The minimum absolute atomic E-state index is 0.0324. The number of carbonyl (C=O) groups excluding carboxylic acids is 1. The summed E-state index contributed by atoms with van der Waals surface area (Å²) in [5.41, 5.74) is 0.958. The molecule has 0 aliphatic carbocycles. The molecule has 1 aromatic heterocycles. The molecular formula is C22H27FN4O2. The number of hydrogen-bond acceptors (Lipinski definition) is 5. The molecule has 0 saturated carbocycles. The molecule has 1 amide bonds. The van der Waals surface area contributed by atoms with Crippen LogP contribution in [0, 0.1) is 11.7 Å². The van der Waals surface area contributed by atoms with E-state index in [0.717, 1.165) is 57.3 Å². The molecule has 1 atom stereocenters. The normalized spacial score (nSPS) is 20.1. The Morgan fingerprint density at radius 3 is 2.79 bits per heavy atom. The first-order valence-corrected chi connectivity index (χ1v) is 10.3. The minimum Gasteiger partial charge on any atom is -0.481 e. The number of aromatic nitrogens is 2. The summed E-state index contributed by atoms with van der Waals surface area (Å²) < 4.78 is 18.7. The van der Waals surface area contributed by atoms with E-state index < -0.39 is 0 Å². The number of methoxy groups -OCH3 is 1. The third kappa shape index (κ3) is 4.49. The average molecular weight is 398 g/mol. The summed E-state index contributed by atoms with van der Waals surface area (Å²) in [6.07, 6.45) is 6.01. The van der Waals surface area contributed by atoms with Gasteiger partial charge in [0, 0.05) is 43.9 Å². The van der Waals surface area contributed by atoms with Crippen LogP contribution in [0.15, 0.2) is 36.5 Å². The van der Waals surface area contributed by atoms with Gasteiger partial charge in [-0.25, -0.2) is 9.37 Å². The van der Waals surface area contributed by atoms with Crippen LogP contribution in [-0.4, -0.2) is 53.6 Å². The second-order valence-corrected chi connectivity index (χ2v) is 7.82. The molecule has 154 valence electrons. The zero-order valence-electron chi connectivity index (χ0n) is 16.8. The summed E-state index contributed by atoms with van der Waals surface area (Å²) in [7, 11) is 1.59. The van der Waals surface area contributed by atoms with E-state index >= 15 is 0 Å². The molecule has 0 bridgehead atoms. The van der Waals surface area contributed by atoms with Crippen molar-refractivity contribution in [1.29, 1.82) is 0 Å². The summed E-state index contributed by atoms with van der Waals surface area (Å²) in [6, 6.07) is 8.61. The summed E-state index contributed by atoms with van der Waals surface area (Å²) in [5, 5.41) is 0. The van der Waals surface area contributed by atoms with Gasteiger partial charge in [-0.15, -0.1) is 0 Å². The van der Waals surface area contributed by atoms with Gasteiger partial charge in [-0.05, 0) is 49.8 Å². The lowest BCUT2D eigenvalue weighted by Crippen LogP contribution is -2.45. The molecule has 29 heavy (non-hydrogen) atoms. The van der Waals surface area contributed by atoms with Crippen molar-refractivity contribution in [2.75, 3.05) is 31.6 Å². The highest BCUT2D eigenvalue weighted by atomic mass is 19.1. The maximum atomic E-state index is 13.5. The zero-order valence-corrected chi connectivity index (χ0v) is 16.8. The maximum absolute atomic E-state index is 13.5. The number of carbonyl (C=O) groups is 1. The topological polar surface area (TPSA) is 58.6 Å². The van der Waals surface area contributed by atoms with Crippen molar-refractivity contribution in [2.24, 2.45) is 5.92 Å². The molecule has 3 heterocycles. The van der Waals surface area contributed by atoms with Crippen LogP contribution in [0.2, 0.25) is 0 Å². The fourth-order valence-electron chi connectivity index (χ4n) is 4.43. The first-order chi connectivity index (χ1) is 14.1. The Kier molecular flexibility index (Phi) is 5.92. The molecule has 2 aliphatic rings.